The van der Waals surface area contributed by atoms with E-state index in [0.29, 0.717) is 25.7 Å². The lowest BCUT2D eigenvalue weighted by molar-refractivity contribution is -0.145. The van der Waals surface area contributed by atoms with Crippen LogP contribution in [0, 0.1) is 11.8 Å². The van der Waals surface area contributed by atoms with E-state index in [1.807, 2.05) is 0 Å². The summed E-state index contributed by atoms with van der Waals surface area (Å²) in [6.07, 6.45) is 7.55. The predicted molar refractivity (Wildman–Crippen MR) is 63.8 cm³/mol. The highest BCUT2D eigenvalue weighted by Gasteiger charge is 2.23. The molecule has 2 atom stereocenters. The third-order valence-electron chi connectivity index (χ3n) is 3.67. The Hall–Kier alpha value is -1.06. The lowest BCUT2D eigenvalue weighted by Gasteiger charge is -2.15. The third kappa shape index (κ3) is 5.20. The first-order valence-corrected chi connectivity index (χ1v) is 6.57. The highest BCUT2D eigenvalue weighted by atomic mass is 16.4. The van der Waals surface area contributed by atoms with E-state index in [-0.39, 0.29) is 11.8 Å². The Bertz CT molecular complexity index is 236. The standard InChI is InChI=1S/C13H22O4/c14-12(15)10-6-4-2-1-3-5-7-11(9-8-10)13(16)17/h10-11H,1-9H2,(H,14,15)(H,16,17). The van der Waals surface area contributed by atoms with Gasteiger partial charge in [-0.3, -0.25) is 9.59 Å². The van der Waals surface area contributed by atoms with E-state index < -0.39 is 11.9 Å². The second-order valence-corrected chi connectivity index (χ2v) is 4.99. The summed E-state index contributed by atoms with van der Waals surface area (Å²) in [5.41, 5.74) is 0. The van der Waals surface area contributed by atoms with Crippen molar-refractivity contribution in [3.63, 3.8) is 0 Å². The summed E-state index contributed by atoms with van der Waals surface area (Å²) in [4.78, 5) is 22.1. The molecule has 0 bridgehead atoms. The molecular weight excluding hydrogens is 220 g/mol. The van der Waals surface area contributed by atoms with Crippen molar-refractivity contribution in [1.82, 2.24) is 0 Å². The summed E-state index contributed by atoms with van der Waals surface area (Å²) in [5, 5.41) is 18.1. The molecule has 1 saturated carbocycles. The highest BCUT2D eigenvalue weighted by Crippen LogP contribution is 2.25. The maximum absolute atomic E-state index is 11.0. The van der Waals surface area contributed by atoms with Crippen LogP contribution in [0.15, 0.2) is 0 Å². The molecule has 4 nitrogen and oxygen atoms in total. The number of hydrogen-bond acceptors (Lipinski definition) is 2. The Labute approximate surface area is 102 Å². The second-order valence-electron chi connectivity index (χ2n) is 4.99. The summed E-state index contributed by atoms with van der Waals surface area (Å²) in [7, 11) is 0. The van der Waals surface area contributed by atoms with E-state index in [2.05, 4.69) is 0 Å². The van der Waals surface area contributed by atoms with Gasteiger partial charge < -0.3 is 10.2 Å². The van der Waals surface area contributed by atoms with E-state index in [9.17, 15) is 9.59 Å². The molecular formula is C13H22O4. The van der Waals surface area contributed by atoms with Gasteiger partial charge in [0.25, 0.3) is 0 Å². The first kappa shape index (κ1) is 14.0. The molecule has 1 aliphatic carbocycles. The van der Waals surface area contributed by atoms with E-state index >= 15 is 0 Å². The Morgan fingerprint density at radius 1 is 0.647 bits per heavy atom. The maximum atomic E-state index is 11.0. The number of carboxylic acids is 2. The van der Waals surface area contributed by atoms with Gasteiger partial charge in [-0.05, 0) is 25.7 Å². The Balaban J connectivity index is 2.56. The molecule has 4 heteroatoms. The van der Waals surface area contributed by atoms with Gasteiger partial charge in [-0.2, -0.15) is 0 Å². The van der Waals surface area contributed by atoms with E-state index in [4.69, 9.17) is 10.2 Å². The SMILES string of the molecule is O=C(O)C1CCCCCCCC(C(=O)O)CC1. The van der Waals surface area contributed by atoms with Gasteiger partial charge in [-0.25, -0.2) is 0 Å². The predicted octanol–water partition coefficient (Wildman–Crippen LogP) is 2.91. The molecule has 1 aliphatic rings. The van der Waals surface area contributed by atoms with E-state index in [1.165, 1.54) is 0 Å². The average Bonchev–Trinajstić information content (AvgIpc) is 2.31. The van der Waals surface area contributed by atoms with Crippen LogP contribution in [0.3, 0.4) is 0 Å². The van der Waals surface area contributed by atoms with Crippen LogP contribution in [-0.2, 0) is 9.59 Å². The molecule has 0 aromatic rings. The molecule has 0 aromatic carbocycles. The van der Waals surface area contributed by atoms with Crippen molar-refractivity contribution in [3.8, 4) is 0 Å². The number of hydrogen-bond donors (Lipinski definition) is 2. The highest BCUT2D eigenvalue weighted by molar-refractivity contribution is 5.71. The van der Waals surface area contributed by atoms with Gasteiger partial charge in [0.05, 0.1) is 11.8 Å². The molecule has 98 valence electrons. The van der Waals surface area contributed by atoms with Crippen molar-refractivity contribution in [2.45, 2.75) is 57.8 Å². The van der Waals surface area contributed by atoms with Crippen LogP contribution in [0.4, 0.5) is 0 Å². The molecule has 2 unspecified atom stereocenters. The maximum Gasteiger partial charge on any atom is 0.306 e. The Kier molecular flexibility index (Phi) is 6.01. The number of aliphatic carboxylic acids is 2. The van der Waals surface area contributed by atoms with Crippen LogP contribution >= 0.6 is 0 Å². The largest absolute Gasteiger partial charge is 0.481 e. The zero-order chi connectivity index (χ0) is 12.7. The second kappa shape index (κ2) is 7.30. The van der Waals surface area contributed by atoms with Crippen LogP contribution in [-0.4, -0.2) is 22.2 Å². The molecule has 0 aromatic heterocycles. The van der Waals surface area contributed by atoms with Crippen LogP contribution in [0.2, 0.25) is 0 Å². The van der Waals surface area contributed by atoms with Crippen molar-refractivity contribution < 1.29 is 19.8 Å². The first-order valence-electron chi connectivity index (χ1n) is 6.57. The van der Waals surface area contributed by atoms with Gasteiger partial charge in [-0.1, -0.05) is 32.1 Å². The summed E-state index contributed by atoms with van der Waals surface area (Å²) >= 11 is 0. The van der Waals surface area contributed by atoms with Crippen LogP contribution in [0.25, 0.3) is 0 Å². The Morgan fingerprint density at radius 3 is 1.35 bits per heavy atom. The molecule has 0 saturated heterocycles. The minimum atomic E-state index is -0.770. The van der Waals surface area contributed by atoms with Crippen LogP contribution in [0.5, 0.6) is 0 Å². The van der Waals surface area contributed by atoms with Crippen molar-refractivity contribution in [1.29, 1.82) is 0 Å². The zero-order valence-corrected chi connectivity index (χ0v) is 10.2. The fraction of sp³-hybridized carbons (Fsp3) is 0.846. The Morgan fingerprint density at radius 2 is 1.00 bits per heavy atom. The van der Waals surface area contributed by atoms with E-state index in [1.54, 1.807) is 0 Å². The van der Waals surface area contributed by atoms with Gasteiger partial charge in [-0.15, -0.1) is 0 Å². The van der Waals surface area contributed by atoms with Crippen LogP contribution in [0.1, 0.15) is 57.8 Å². The molecule has 0 amide bonds. The third-order valence-corrected chi connectivity index (χ3v) is 3.67. The van der Waals surface area contributed by atoms with Crippen molar-refractivity contribution in [2.24, 2.45) is 11.8 Å². The molecule has 17 heavy (non-hydrogen) atoms. The van der Waals surface area contributed by atoms with Gasteiger partial charge in [0, 0.05) is 0 Å². The average molecular weight is 242 g/mol. The molecule has 1 rings (SSSR count). The van der Waals surface area contributed by atoms with E-state index in [0.717, 1.165) is 32.1 Å². The molecule has 0 spiro atoms. The first-order chi connectivity index (χ1) is 8.11. The van der Waals surface area contributed by atoms with Gasteiger partial charge >= 0.3 is 11.9 Å². The monoisotopic (exact) mass is 242 g/mol. The summed E-state index contributed by atoms with van der Waals surface area (Å²) in [5.74, 6) is -2.24. The summed E-state index contributed by atoms with van der Waals surface area (Å²) in [6, 6.07) is 0. The minimum Gasteiger partial charge on any atom is -0.481 e. The smallest absolute Gasteiger partial charge is 0.306 e. The fourth-order valence-corrected chi connectivity index (χ4v) is 2.50. The van der Waals surface area contributed by atoms with Crippen LogP contribution < -0.4 is 0 Å². The summed E-state index contributed by atoms with van der Waals surface area (Å²) in [6.45, 7) is 0. The number of rotatable bonds is 2. The van der Waals surface area contributed by atoms with Gasteiger partial charge in [0.15, 0.2) is 0 Å². The molecule has 0 aliphatic heterocycles. The van der Waals surface area contributed by atoms with Crippen molar-refractivity contribution in [3.05, 3.63) is 0 Å². The topological polar surface area (TPSA) is 74.6 Å². The molecule has 2 N–H and O–H groups in total. The quantitative estimate of drug-likeness (QED) is 0.780. The summed E-state index contributed by atoms with van der Waals surface area (Å²) < 4.78 is 0. The number of carbonyl (C=O) groups is 2. The normalized spacial score (nSPS) is 28.0. The van der Waals surface area contributed by atoms with Crippen molar-refractivity contribution >= 4 is 11.9 Å². The number of carboxylic acid groups (broad SMARTS) is 2. The minimum absolute atomic E-state index is 0.352. The molecule has 1 fully saturated rings. The lowest BCUT2D eigenvalue weighted by atomic mass is 9.90. The van der Waals surface area contributed by atoms with Crippen molar-refractivity contribution in [2.75, 3.05) is 0 Å². The fourth-order valence-electron chi connectivity index (χ4n) is 2.50. The van der Waals surface area contributed by atoms with Gasteiger partial charge in [0.2, 0.25) is 0 Å². The lowest BCUT2D eigenvalue weighted by Crippen LogP contribution is -2.19. The zero-order valence-electron chi connectivity index (χ0n) is 10.2. The molecule has 0 radical (unpaired) electrons. The van der Waals surface area contributed by atoms with Gasteiger partial charge in [0.1, 0.15) is 0 Å². The molecule has 0 heterocycles.